The van der Waals surface area contributed by atoms with E-state index < -0.39 is 0 Å². The van der Waals surface area contributed by atoms with E-state index in [4.69, 9.17) is 5.73 Å². The number of hydrogen-bond acceptors (Lipinski definition) is 2. The lowest BCUT2D eigenvalue weighted by Gasteiger charge is -2.29. The van der Waals surface area contributed by atoms with Gasteiger partial charge in [-0.25, -0.2) is 4.79 Å². The molecular weight excluding hydrogens is 190 g/mol. The minimum atomic E-state index is 0.117. The van der Waals surface area contributed by atoms with Gasteiger partial charge in [0, 0.05) is 25.2 Å². The molecule has 4 heteroatoms. The zero-order chi connectivity index (χ0) is 10.7. The molecule has 1 aliphatic heterocycles. The summed E-state index contributed by atoms with van der Waals surface area (Å²) in [6.07, 6.45) is 6.59. The Morgan fingerprint density at radius 3 is 2.60 bits per heavy atom. The number of hydrogen-bond donors (Lipinski definition) is 2. The quantitative estimate of drug-likeness (QED) is 0.681. The number of amides is 2. The number of carbonyl (C=O) groups is 1. The average Bonchev–Trinajstić information content (AvgIpc) is 2.70. The number of carbonyl (C=O) groups excluding carboxylic acids is 1. The molecule has 0 unspecified atom stereocenters. The van der Waals surface area contributed by atoms with Crippen molar-refractivity contribution in [3.8, 4) is 0 Å². The molecule has 2 aliphatic rings. The van der Waals surface area contributed by atoms with Crippen LogP contribution in [0.3, 0.4) is 0 Å². The van der Waals surface area contributed by atoms with Crippen LogP contribution in [0.2, 0.25) is 0 Å². The molecule has 1 heterocycles. The minimum Gasteiger partial charge on any atom is -0.335 e. The zero-order valence-corrected chi connectivity index (χ0v) is 9.24. The molecule has 3 N–H and O–H groups in total. The molecule has 1 saturated heterocycles. The molecule has 86 valence electrons. The normalized spacial score (nSPS) is 31.7. The molecular formula is C11H21N3O. The van der Waals surface area contributed by atoms with Crippen LogP contribution >= 0.6 is 0 Å². The monoisotopic (exact) mass is 211 g/mol. The lowest BCUT2D eigenvalue weighted by Crippen LogP contribution is -2.47. The topological polar surface area (TPSA) is 58.4 Å². The van der Waals surface area contributed by atoms with E-state index in [-0.39, 0.29) is 12.1 Å². The number of rotatable bonds is 1. The van der Waals surface area contributed by atoms with E-state index >= 15 is 0 Å². The van der Waals surface area contributed by atoms with E-state index in [1.165, 1.54) is 0 Å². The van der Waals surface area contributed by atoms with Gasteiger partial charge in [-0.2, -0.15) is 0 Å². The number of nitrogens with two attached hydrogens (primary N) is 1. The van der Waals surface area contributed by atoms with Crippen molar-refractivity contribution in [1.29, 1.82) is 0 Å². The van der Waals surface area contributed by atoms with Crippen LogP contribution in [0, 0.1) is 0 Å². The molecule has 0 radical (unpaired) electrons. The second-order valence-electron chi connectivity index (χ2n) is 4.77. The maximum Gasteiger partial charge on any atom is 0.317 e. The van der Waals surface area contributed by atoms with Gasteiger partial charge in [-0.15, -0.1) is 0 Å². The van der Waals surface area contributed by atoms with Crippen LogP contribution in [0.4, 0.5) is 4.79 Å². The van der Waals surface area contributed by atoms with Crippen molar-refractivity contribution in [3.63, 3.8) is 0 Å². The second-order valence-corrected chi connectivity index (χ2v) is 4.77. The Morgan fingerprint density at radius 1 is 1.20 bits per heavy atom. The molecule has 2 atom stereocenters. The Bertz CT molecular complexity index is 226. The van der Waals surface area contributed by atoms with Gasteiger partial charge in [0.1, 0.15) is 0 Å². The fourth-order valence-corrected chi connectivity index (χ4v) is 2.54. The molecule has 0 aromatic carbocycles. The van der Waals surface area contributed by atoms with Gasteiger partial charge in [-0.3, -0.25) is 0 Å². The largest absolute Gasteiger partial charge is 0.335 e. The summed E-state index contributed by atoms with van der Waals surface area (Å²) in [7, 11) is 0. The summed E-state index contributed by atoms with van der Waals surface area (Å²) in [6, 6.07) is 0.705. The highest BCUT2D eigenvalue weighted by atomic mass is 16.2. The summed E-state index contributed by atoms with van der Waals surface area (Å²) in [4.78, 5) is 13.7. The third kappa shape index (κ3) is 2.84. The predicted molar refractivity (Wildman–Crippen MR) is 59.6 cm³/mol. The standard InChI is InChI=1S/C11H21N3O/c12-9-4-3-5-10(8-9)13-11(15)14-6-1-2-7-14/h9-10H,1-8,12H2,(H,13,15)/t9-,10+/m0/s1. The summed E-state index contributed by atoms with van der Waals surface area (Å²) in [5, 5.41) is 3.10. The molecule has 2 fully saturated rings. The third-order valence-electron chi connectivity index (χ3n) is 3.44. The van der Waals surface area contributed by atoms with E-state index in [0.29, 0.717) is 6.04 Å². The van der Waals surface area contributed by atoms with Crippen molar-refractivity contribution in [1.82, 2.24) is 10.2 Å². The maximum absolute atomic E-state index is 11.8. The Kier molecular flexibility index (Phi) is 3.46. The number of nitrogens with one attached hydrogen (secondary N) is 1. The number of likely N-dealkylation sites (tertiary alicyclic amines) is 1. The van der Waals surface area contributed by atoms with Crippen molar-refractivity contribution in [3.05, 3.63) is 0 Å². The van der Waals surface area contributed by atoms with Crippen LogP contribution < -0.4 is 11.1 Å². The van der Waals surface area contributed by atoms with Crippen molar-refractivity contribution in [2.24, 2.45) is 5.73 Å². The van der Waals surface area contributed by atoms with Crippen molar-refractivity contribution in [2.45, 2.75) is 50.6 Å². The van der Waals surface area contributed by atoms with Gasteiger partial charge < -0.3 is 16.0 Å². The third-order valence-corrected chi connectivity index (χ3v) is 3.44. The highest BCUT2D eigenvalue weighted by Gasteiger charge is 2.24. The first-order chi connectivity index (χ1) is 7.25. The lowest BCUT2D eigenvalue weighted by molar-refractivity contribution is 0.199. The van der Waals surface area contributed by atoms with Gasteiger partial charge in [0.2, 0.25) is 0 Å². The average molecular weight is 211 g/mol. The SMILES string of the molecule is N[C@H]1CCC[C@@H](NC(=O)N2CCCC2)C1. The first kappa shape index (κ1) is 10.7. The summed E-state index contributed by atoms with van der Waals surface area (Å²) in [5.74, 6) is 0. The van der Waals surface area contributed by atoms with Crippen LogP contribution in [0.5, 0.6) is 0 Å². The molecule has 15 heavy (non-hydrogen) atoms. The summed E-state index contributed by atoms with van der Waals surface area (Å²) >= 11 is 0. The second kappa shape index (κ2) is 4.84. The van der Waals surface area contributed by atoms with Crippen molar-refractivity contribution < 1.29 is 4.79 Å². The molecule has 2 rings (SSSR count). The molecule has 0 aromatic rings. The fraction of sp³-hybridized carbons (Fsp3) is 0.909. The van der Waals surface area contributed by atoms with Crippen LogP contribution in [0.1, 0.15) is 38.5 Å². The highest BCUT2D eigenvalue weighted by molar-refractivity contribution is 5.74. The van der Waals surface area contributed by atoms with E-state index in [9.17, 15) is 4.79 Å². The molecule has 0 spiro atoms. The smallest absolute Gasteiger partial charge is 0.317 e. The van der Waals surface area contributed by atoms with E-state index in [0.717, 1.165) is 51.6 Å². The van der Waals surface area contributed by atoms with E-state index in [2.05, 4.69) is 5.32 Å². The molecule has 1 aliphatic carbocycles. The molecule has 2 amide bonds. The molecule has 1 saturated carbocycles. The van der Waals surface area contributed by atoms with Gasteiger partial charge in [0.05, 0.1) is 0 Å². The van der Waals surface area contributed by atoms with Crippen molar-refractivity contribution >= 4 is 6.03 Å². The number of nitrogens with zero attached hydrogens (tertiary/aromatic N) is 1. The van der Waals surface area contributed by atoms with Gasteiger partial charge in [-0.05, 0) is 38.5 Å². The predicted octanol–water partition coefficient (Wildman–Crippen LogP) is 1.06. The molecule has 0 bridgehead atoms. The highest BCUT2D eigenvalue weighted by Crippen LogP contribution is 2.17. The molecule has 4 nitrogen and oxygen atoms in total. The first-order valence-electron chi connectivity index (χ1n) is 6.07. The van der Waals surface area contributed by atoms with Crippen LogP contribution in [-0.4, -0.2) is 36.1 Å². The zero-order valence-electron chi connectivity index (χ0n) is 9.24. The van der Waals surface area contributed by atoms with E-state index in [1.807, 2.05) is 4.90 Å². The first-order valence-corrected chi connectivity index (χ1v) is 6.07. The van der Waals surface area contributed by atoms with Gasteiger partial charge in [-0.1, -0.05) is 0 Å². The Morgan fingerprint density at radius 2 is 1.93 bits per heavy atom. The van der Waals surface area contributed by atoms with Crippen molar-refractivity contribution in [2.75, 3.05) is 13.1 Å². The lowest BCUT2D eigenvalue weighted by atomic mass is 9.92. The summed E-state index contributed by atoms with van der Waals surface area (Å²) in [6.45, 7) is 1.84. The maximum atomic E-state index is 11.8. The molecule has 0 aromatic heterocycles. The minimum absolute atomic E-state index is 0.117. The van der Waals surface area contributed by atoms with Gasteiger partial charge in [0.25, 0.3) is 0 Å². The van der Waals surface area contributed by atoms with Crippen LogP contribution in [0.15, 0.2) is 0 Å². The van der Waals surface area contributed by atoms with Crippen LogP contribution in [-0.2, 0) is 0 Å². The van der Waals surface area contributed by atoms with Gasteiger partial charge in [0.15, 0.2) is 0 Å². The number of urea groups is 1. The Hall–Kier alpha value is -0.770. The van der Waals surface area contributed by atoms with E-state index in [1.54, 1.807) is 0 Å². The summed E-state index contributed by atoms with van der Waals surface area (Å²) < 4.78 is 0. The fourth-order valence-electron chi connectivity index (χ4n) is 2.54. The summed E-state index contributed by atoms with van der Waals surface area (Å²) in [5.41, 5.74) is 5.89. The Balaban J connectivity index is 1.77. The Labute approximate surface area is 91.2 Å². The van der Waals surface area contributed by atoms with Gasteiger partial charge >= 0.3 is 6.03 Å². The van der Waals surface area contributed by atoms with Crippen LogP contribution in [0.25, 0.3) is 0 Å².